The second-order valence-electron chi connectivity index (χ2n) is 4.48. The Balaban J connectivity index is 2.44. The molecule has 0 aliphatic rings. The molecule has 0 fully saturated rings. The number of nitrogens with one attached hydrogen (secondary N) is 1. The summed E-state index contributed by atoms with van der Waals surface area (Å²) in [4.78, 5) is 1.28. The summed E-state index contributed by atoms with van der Waals surface area (Å²) in [6, 6.07) is 7.24. The van der Waals surface area contributed by atoms with Crippen LogP contribution in [-0.2, 0) is 0 Å². The van der Waals surface area contributed by atoms with Gasteiger partial charge in [0, 0.05) is 4.88 Å². The predicted molar refractivity (Wildman–Crippen MR) is 75.7 cm³/mol. The van der Waals surface area contributed by atoms with Crippen molar-refractivity contribution in [3.8, 4) is 0 Å². The van der Waals surface area contributed by atoms with Gasteiger partial charge in [0.25, 0.3) is 0 Å². The molecule has 2 rings (SSSR count). The van der Waals surface area contributed by atoms with Crippen LogP contribution < -0.4 is 5.32 Å². The number of hydrogen-bond donors (Lipinski definition) is 1. The van der Waals surface area contributed by atoms with Crippen molar-refractivity contribution in [3.63, 3.8) is 0 Å². The van der Waals surface area contributed by atoms with E-state index in [1.54, 1.807) is 17.4 Å². The van der Waals surface area contributed by atoms with E-state index in [9.17, 15) is 4.39 Å². The molecule has 1 atom stereocenters. The Morgan fingerprint density at radius 1 is 1.28 bits per heavy atom. The molecule has 1 heterocycles. The third kappa shape index (κ3) is 2.79. The largest absolute Gasteiger partial charge is 0.306 e. The summed E-state index contributed by atoms with van der Waals surface area (Å²) in [5.74, 6) is -0.176. The Labute approximate surface area is 112 Å². The number of rotatable bonds is 4. The lowest BCUT2D eigenvalue weighted by atomic mass is 9.96. The van der Waals surface area contributed by atoms with Gasteiger partial charge in [0.05, 0.1) is 6.04 Å². The van der Waals surface area contributed by atoms with Crippen molar-refractivity contribution in [2.45, 2.75) is 26.8 Å². The van der Waals surface area contributed by atoms with E-state index in [1.807, 2.05) is 13.0 Å². The first-order valence-electron chi connectivity index (χ1n) is 6.16. The summed E-state index contributed by atoms with van der Waals surface area (Å²) >= 11 is 1.73. The fourth-order valence-electron chi connectivity index (χ4n) is 2.15. The van der Waals surface area contributed by atoms with Gasteiger partial charge in [0.15, 0.2) is 0 Å². The zero-order valence-corrected chi connectivity index (χ0v) is 11.8. The maximum absolute atomic E-state index is 13.4. The highest BCUT2D eigenvalue weighted by Crippen LogP contribution is 2.28. The van der Waals surface area contributed by atoms with E-state index >= 15 is 0 Å². The van der Waals surface area contributed by atoms with Gasteiger partial charge in [-0.1, -0.05) is 13.0 Å². The van der Waals surface area contributed by atoms with Crippen LogP contribution in [0.5, 0.6) is 0 Å². The maximum atomic E-state index is 13.4. The molecule has 96 valence electrons. The number of hydrogen-bond acceptors (Lipinski definition) is 2. The van der Waals surface area contributed by atoms with Crippen LogP contribution in [0.4, 0.5) is 4.39 Å². The lowest BCUT2D eigenvalue weighted by Gasteiger charge is -2.19. The highest BCUT2D eigenvalue weighted by molar-refractivity contribution is 7.10. The molecule has 1 aromatic heterocycles. The van der Waals surface area contributed by atoms with Crippen LogP contribution in [0, 0.1) is 19.7 Å². The minimum atomic E-state index is -0.176. The van der Waals surface area contributed by atoms with Gasteiger partial charge >= 0.3 is 0 Å². The fraction of sp³-hybridized carbons (Fsp3) is 0.333. The van der Waals surface area contributed by atoms with E-state index < -0.39 is 0 Å². The first kappa shape index (κ1) is 13.2. The van der Waals surface area contributed by atoms with Gasteiger partial charge < -0.3 is 5.32 Å². The molecule has 0 saturated heterocycles. The van der Waals surface area contributed by atoms with Crippen molar-refractivity contribution in [2.24, 2.45) is 0 Å². The van der Waals surface area contributed by atoms with Crippen LogP contribution in [0.15, 0.2) is 29.6 Å². The van der Waals surface area contributed by atoms with Gasteiger partial charge in [0.1, 0.15) is 5.82 Å². The lowest BCUT2D eigenvalue weighted by Crippen LogP contribution is -2.22. The van der Waals surface area contributed by atoms with Gasteiger partial charge in [0.2, 0.25) is 0 Å². The molecule has 0 aliphatic carbocycles. The topological polar surface area (TPSA) is 12.0 Å². The molecular weight excluding hydrogens is 245 g/mol. The molecule has 1 N–H and O–H groups in total. The Hall–Kier alpha value is -1.19. The average Bonchev–Trinajstić information content (AvgIpc) is 2.76. The van der Waals surface area contributed by atoms with Crippen molar-refractivity contribution in [2.75, 3.05) is 6.54 Å². The summed E-state index contributed by atoms with van der Waals surface area (Å²) in [6.45, 7) is 7.05. The molecule has 0 saturated carbocycles. The van der Waals surface area contributed by atoms with Crippen LogP contribution in [0.3, 0.4) is 0 Å². The molecule has 1 nitrogen and oxygen atoms in total. The van der Waals surface area contributed by atoms with Crippen LogP contribution in [-0.4, -0.2) is 6.54 Å². The summed E-state index contributed by atoms with van der Waals surface area (Å²) in [5.41, 5.74) is 3.36. The minimum absolute atomic E-state index is 0.0793. The Morgan fingerprint density at radius 3 is 2.67 bits per heavy atom. The zero-order valence-electron chi connectivity index (χ0n) is 11.0. The third-order valence-electron chi connectivity index (χ3n) is 3.04. The Bertz CT molecular complexity index is 533. The number of aryl methyl sites for hydroxylation is 2. The summed E-state index contributed by atoms with van der Waals surface area (Å²) in [7, 11) is 0. The highest BCUT2D eigenvalue weighted by Gasteiger charge is 2.16. The molecule has 0 amide bonds. The Kier molecular flexibility index (Phi) is 4.15. The van der Waals surface area contributed by atoms with Crippen molar-refractivity contribution in [1.82, 2.24) is 5.32 Å². The summed E-state index contributed by atoms with van der Waals surface area (Å²) in [5, 5.41) is 5.58. The minimum Gasteiger partial charge on any atom is -0.306 e. The van der Waals surface area contributed by atoms with Gasteiger partial charge in [-0.25, -0.2) is 4.39 Å². The van der Waals surface area contributed by atoms with Crippen molar-refractivity contribution in [1.29, 1.82) is 0 Å². The molecule has 18 heavy (non-hydrogen) atoms. The highest BCUT2D eigenvalue weighted by atomic mass is 32.1. The first-order valence-corrected chi connectivity index (χ1v) is 7.04. The normalized spacial score (nSPS) is 12.7. The summed E-state index contributed by atoms with van der Waals surface area (Å²) < 4.78 is 13.4. The quantitative estimate of drug-likeness (QED) is 0.871. The first-order chi connectivity index (χ1) is 8.61. The van der Waals surface area contributed by atoms with Crippen LogP contribution in [0.25, 0.3) is 0 Å². The van der Waals surface area contributed by atoms with Crippen molar-refractivity contribution in [3.05, 3.63) is 57.0 Å². The van der Waals surface area contributed by atoms with E-state index in [2.05, 4.69) is 30.6 Å². The maximum Gasteiger partial charge on any atom is 0.123 e. The van der Waals surface area contributed by atoms with Crippen LogP contribution >= 0.6 is 11.3 Å². The monoisotopic (exact) mass is 263 g/mol. The predicted octanol–water partition coefficient (Wildman–Crippen LogP) is 4.20. The molecule has 1 unspecified atom stereocenters. The van der Waals surface area contributed by atoms with Gasteiger partial charge in [-0.15, -0.1) is 11.3 Å². The fourth-order valence-corrected chi connectivity index (χ4v) is 2.88. The van der Waals surface area contributed by atoms with Crippen molar-refractivity contribution >= 4 is 11.3 Å². The second kappa shape index (κ2) is 5.63. The summed E-state index contributed by atoms with van der Waals surface area (Å²) in [6.07, 6.45) is 0. The molecule has 3 heteroatoms. The molecule has 0 aliphatic heterocycles. The van der Waals surface area contributed by atoms with E-state index in [0.29, 0.717) is 0 Å². The molecular formula is C15H18FNS. The van der Waals surface area contributed by atoms with Crippen LogP contribution in [0.1, 0.15) is 34.5 Å². The molecule has 0 radical (unpaired) electrons. The second-order valence-corrected chi connectivity index (χ2v) is 5.60. The molecule has 0 spiro atoms. The SMILES string of the molecule is CCNC(c1csc(C)c1)c1cc(F)ccc1C. The molecule has 0 bridgehead atoms. The molecule has 1 aromatic carbocycles. The smallest absolute Gasteiger partial charge is 0.123 e. The number of benzene rings is 1. The standard InChI is InChI=1S/C15H18FNS/c1-4-17-15(12-7-11(3)18-9-12)14-8-13(16)6-5-10(14)2/h5-9,15,17H,4H2,1-3H3. The van der Waals surface area contributed by atoms with E-state index in [1.165, 1.54) is 16.5 Å². The lowest BCUT2D eigenvalue weighted by molar-refractivity contribution is 0.601. The van der Waals surface area contributed by atoms with E-state index in [4.69, 9.17) is 0 Å². The number of halogens is 1. The zero-order chi connectivity index (χ0) is 13.1. The van der Waals surface area contributed by atoms with E-state index in [0.717, 1.165) is 17.7 Å². The van der Waals surface area contributed by atoms with Gasteiger partial charge in [-0.3, -0.25) is 0 Å². The van der Waals surface area contributed by atoms with Gasteiger partial charge in [-0.05, 0) is 60.7 Å². The van der Waals surface area contributed by atoms with Crippen molar-refractivity contribution < 1.29 is 4.39 Å². The van der Waals surface area contributed by atoms with Gasteiger partial charge in [-0.2, -0.15) is 0 Å². The number of thiophene rings is 1. The molecule has 2 aromatic rings. The third-order valence-corrected chi connectivity index (χ3v) is 3.92. The average molecular weight is 263 g/mol. The van der Waals surface area contributed by atoms with Crippen LogP contribution in [0.2, 0.25) is 0 Å². The van der Waals surface area contributed by atoms with E-state index in [-0.39, 0.29) is 11.9 Å². The Morgan fingerprint density at radius 2 is 2.06 bits per heavy atom.